The van der Waals surface area contributed by atoms with Crippen LogP contribution < -0.4 is 5.73 Å². The first kappa shape index (κ1) is 11.0. The molecule has 1 rings (SSSR count). The van der Waals surface area contributed by atoms with Crippen LogP contribution in [0.2, 0.25) is 0 Å². The zero-order valence-corrected chi connectivity index (χ0v) is 8.14. The van der Waals surface area contributed by atoms with Crippen LogP contribution in [-0.4, -0.2) is 23.1 Å². The predicted molar refractivity (Wildman–Crippen MR) is 53.4 cm³/mol. The number of carbonyl (C=O) groups excluding carboxylic acids is 1. The molecule has 1 aromatic carbocycles. The van der Waals surface area contributed by atoms with Gasteiger partial charge in [-0.25, -0.2) is 9.59 Å². The highest BCUT2D eigenvalue weighted by Gasteiger charge is 2.17. The number of carboxylic acid groups (broad SMARTS) is 1. The Morgan fingerprint density at radius 1 is 1.47 bits per heavy atom. The summed E-state index contributed by atoms with van der Waals surface area (Å²) in [4.78, 5) is 21.8. The van der Waals surface area contributed by atoms with Crippen LogP contribution in [0.1, 0.15) is 17.3 Å². The van der Waals surface area contributed by atoms with Crippen molar-refractivity contribution in [1.29, 1.82) is 0 Å². The van der Waals surface area contributed by atoms with Gasteiger partial charge in [-0.05, 0) is 25.1 Å². The second-order valence-electron chi connectivity index (χ2n) is 3.01. The third-order valence-corrected chi connectivity index (χ3v) is 1.75. The third kappa shape index (κ3) is 2.98. The molecule has 0 saturated carbocycles. The van der Waals surface area contributed by atoms with Crippen molar-refractivity contribution < 1.29 is 19.4 Å². The second kappa shape index (κ2) is 4.45. The molecule has 0 amide bonds. The van der Waals surface area contributed by atoms with Gasteiger partial charge in [0.25, 0.3) is 0 Å². The molecule has 1 aromatic rings. The van der Waals surface area contributed by atoms with E-state index >= 15 is 0 Å². The van der Waals surface area contributed by atoms with Crippen molar-refractivity contribution in [2.24, 2.45) is 0 Å². The van der Waals surface area contributed by atoms with Gasteiger partial charge in [-0.1, -0.05) is 6.07 Å². The summed E-state index contributed by atoms with van der Waals surface area (Å²) >= 11 is 0. The molecular weight excluding hydrogens is 198 g/mol. The predicted octanol–water partition coefficient (Wildman–Crippen LogP) is 0.899. The highest BCUT2D eigenvalue weighted by atomic mass is 16.6. The van der Waals surface area contributed by atoms with Crippen molar-refractivity contribution in [2.75, 3.05) is 5.73 Å². The summed E-state index contributed by atoms with van der Waals surface area (Å²) in [7, 11) is 0. The molecule has 0 aromatic heterocycles. The normalized spacial score (nSPS) is 11.8. The zero-order valence-electron chi connectivity index (χ0n) is 8.14. The number of nitrogen functional groups attached to an aromatic ring is 1. The zero-order chi connectivity index (χ0) is 11.4. The number of benzene rings is 1. The maximum absolute atomic E-state index is 11.4. The minimum Gasteiger partial charge on any atom is -0.479 e. The summed E-state index contributed by atoms with van der Waals surface area (Å²) in [6, 6.07) is 6.15. The van der Waals surface area contributed by atoms with Gasteiger partial charge in [0, 0.05) is 5.69 Å². The number of nitrogens with two attached hydrogens (primary N) is 1. The van der Waals surface area contributed by atoms with Crippen LogP contribution in [0.25, 0.3) is 0 Å². The molecule has 1 unspecified atom stereocenters. The molecule has 15 heavy (non-hydrogen) atoms. The molecule has 0 heterocycles. The van der Waals surface area contributed by atoms with Gasteiger partial charge >= 0.3 is 11.9 Å². The average molecular weight is 209 g/mol. The number of hydrogen-bond donors (Lipinski definition) is 2. The monoisotopic (exact) mass is 209 g/mol. The summed E-state index contributed by atoms with van der Waals surface area (Å²) in [6.07, 6.45) is -1.17. The first-order chi connectivity index (χ1) is 7.00. The van der Waals surface area contributed by atoms with Crippen LogP contribution in [0.15, 0.2) is 24.3 Å². The van der Waals surface area contributed by atoms with Crippen LogP contribution in [0.5, 0.6) is 0 Å². The fourth-order valence-corrected chi connectivity index (χ4v) is 0.945. The minimum atomic E-state index is -1.19. The molecule has 0 aliphatic rings. The van der Waals surface area contributed by atoms with Gasteiger partial charge in [-0.2, -0.15) is 0 Å². The first-order valence-corrected chi connectivity index (χ1v) is 4.30. The molecular formula is C10H11NO4. The number of carboxylic acids is 1. The summed E-state index contributed by atoms with van der Waals surface area (Å²) in [5.74, 6) is -1.88. The quantitative estimate of drug-likeness (QED) is 0.570. The van der Waals surface area contributed by atoms with Gasteiger partial charge < -0.3 is 15.6 Å². The summed E-state index contributed by atoms with van der Waals surface area (Å²) in [5, 5.41) is 8.53. The van der Waals surface area contributed by atoms with Gasteiger partial charge in [-0.3, -0.25) is 0 Å². The van der Waals surface area contributed by atoms with E-state index in [9.17, 15) is 9.59 Å². The number of ether oxygens (including phenoxy) is 1. The van der Waals surface area contributed by atoms with Gasteiger partial charge in [0.1, 0.15) is 0 Å². The molecule has 3 N–H and O–H groups in total. The van der Waals surface area contributed by atoms with Crippen LogP contribution >= 0.6 is 0 Å². The lowest BCUT2D eigenvalue weighted by Gasteiger charge is -2.08. The average Bonchev–Trinajstić information content (AvgIpc) is 2.17. The van der Waals surface area contributed by atoms with Crippen molar-refractivity contribution in [3.05, 3.63) is 29.8 Å². The largest absolute Gasteiger partial charge is 0.479 e. The van der Waals surface area contributed by atoms with E-state index in [1.807, 2.05) is 0 Å². The molecule has 0 bridgehead atoms. The van der Waals surface area contributed by atoms with E-state index in [-0.39, 0.29) is 5.56 Å². The summed E-state index contributed by atoms with van der Waals surface area (Å²) in [6.45, 7) is 1.28. The number of esters is 1. The Balaban J connectivity index is 2.73. The topological polar surface area (TPSA) is 89.6 Å². The van der Waals surface area contributed by atoms with E-state index in [1.54, 1.807) is 12.1 Å². The highest BCUT2D eigenvalue weighted by Crippen LogP contribution is 2.09. The number of carbonyl (C=O) groups is 2. The molecule has 0 fully saturated rings. The van der Waals surface area contributed by atoms with Gasteiger partial charge in [0.05, 0.1) is 5.56 Å². The van der Waals surface area contributed by atoms with E-state index in [4.69, 9.17) is 10.8 Å². The van der Waals surface area contributed by atoms with Crippen molar-refractivity contribution >= 4 is 17.6 Å². The first-order valence-electron chi connectivity index (χ1n) is 4.30. The lowest BCUT2D eigenvalue weighted by Crippen LogP contribution is -2.23. The van der Waals surface area contributed by atoms with Crippen molar-refractivity contribution in [3.8, 4) is 0 Å². The molecule has 0 saturated heterocycles. The van der Waals surface area contributed by atoms with E-state index in [0.717, 1.165) is 0 Å². The van der Waals surface area contributed by atoms with Crippen LogP contribution in [0.3, 0.4) is 0 Å². The number of anilines is 1. The molecule has 1 atom stereocenters. The molecule has 5 heteroatoms. The fourth-order valence-electron chi connectivity index (χ4n) is 0.945. The molecule has 0 radical (unpaired) electrons. The Labute approximate surface area is 86.5 Å². The van der Waals surface area contributed by atoms with Crippen LogP contribution in [0, 0.1) is 0 Å². The molecule has 0 spiro atoms. The second-order valence-corrected chi connectivity index (χ2v) is 3.01. The standard InChI is InChI=1S/C10H11NO4/c1-6(9(12)13)15-10(14)7-3-2-4-8(11)5-7/h2-6H,11H2,1H3,(H,12,13). The molecule has 5 nitrogen and oxygen atoms in total. The van der Waals surface area contributed by atoms with Crippen LogP contribution in [-0.2, 0) is 9.53 Å². The SMILES string of the molecule is CC(OC(=O)c1cccc(N)c1)C(=O)O. The maximum Gasteiger partial charge on any atom is 0.344 e. The van der Waals surface area contributed by atoms with Gasteiger partial charge in [0.15, 0.2) is 6.10 Å². The molecule has 0 aliphatic heterocycles. The van der Waals surface area contributed by atoms with Crippen molar-refractivity contribution in [2.45, 2.75) is 13.0 Å². The van der Waals surface area contributed by atoms with E-state index in [0.29, 0.717) is 5.69 Å². The van der Waals surface area contributed by atoms with E-state index in [1.165, 1.54) is 19.1 Å². The Morgan fingerprint density at radius 3 is 2.67 bits per heavy atom. The summed E-state index contributed by atoms with van der Waals surface area (Å²) < 4.78 is 4.66. The van der Waals surface area contributed by atoms with Crippen molar-refractivity contribution in [3.63, 3.8) is 0 Å². The lowest BCUT2D eigenvalue weighted by molar-refractivity contribution is -0.146. The van der Waals surface area contributed by atoms with E-state index < -0.39 is 18.0 Å². The lowest BCUT2D eigenvalue weighted by atomic mass is 10.2. The van der Waals surface area contributed by atoms with E-state index in [2.05, 4.69) is 4.74 Å². The van der Waals surface area contributed by atoms with Crippen LogP contribution in [0.4, 0.5) is 5.69 Å². The Morgan fingerprint density at radius 2 is 2.13 bits per heavy atom. The van der Waals surface area contributed by atoms with Crippen molar-refractivity contribution in [1.82, 2.24) is 0 Å². The highest BCUT2D eigenvalue weighted by molar-refractivity contribution is 5.92. The Kier molecular flexibility index (Phi) is 3.28. The number of rotatable bonds is 3. The maximum atomic E-state index is 11.4. The summed E-state index contributed by atoms with van der Waals surface area (Å²) in [5.41, 5.74) is 6.13. The minimum absolute atomic E-state index is 0.239. The van der Waals surface area contributed by atoms with Gasteiger partial charge in [0.2, 0.25) is 0 Å². The fraction of sp³-hybridized carbons (Fsp3) is 0.200. The third-order valence-electron chi connectivity index (χ3n) is 1.75. The Hall–Kier alpha value is -2.04. The molecule has 80 valence electrons. The molecule has 0 aliphatic carbocycles. The number of hydrogen-bond acceptors (Lipinski definition) is 4. The Bertz CT molecular complexity index is 389. The smallest absolute Gasteiger partial charge is 0.344 e. The van der Waals surface area contributed by atoms with Gasteiger partial charge in [-0.15, -0.1) is 0 Å². The number of aliphatic carboxylic acids is 1.